The van der Waals surface area contributed by atoms with Crippen molar-refractivity contribution in [3.8, 4) is 11.6 Å². The number of carbonyl (C=O) groups excluding carboxylic acids is 1. The summed E-state index contributed by atoms with van der Waals surface area (Å²) in [5.74, 6) is 1.14. The highest BCUT2D eigenvalue weighted by molar-refractivity contribution is 7.71. The Morgan fingerprint density at radius 3 is 3.13 bits per heavy atom. The Morgan fingerprint density at radius 2 is 2.39 bits per heavy atom. The van der Waals surface area contributed by atoms with Crippen molar-refractivity contribution >= 4 is 18.0 Å². The average Bonchev–Trinajstić information content (AvgIpc) is 3.25. The quantitative estimate of drug-likeness (QED) is 0.630. The van der Waals surface area contributed by atoms with Crippen molar-refractivity contribution in [2.45, 2.75) is 31.4 Å². The molecular formula is C15H15N3O4S. The number of fused-ring (bicyclic) bond motifs is 2. The zero-order chi connectivity index (χ0) is 16.0. The molecule has 7 nitrogen and oxygen atoms in total. The van der Waals surface area contributed by atoms with Crippen LogP contribution in [0.3, 0.4) is 0 Å². The summed E-state index contributed by atoms with van der Waals surface area (Å²) in [6.07, 6.45) is 2.67. The fourth-order valence-electron chi connectivity index (χ4n) is 2.98. The molecule has 0 spiro atoms. The first-order valence-electron chi connectivity index (χ1n) is 7.33. The second kappa shape index (κ2) is 5.55. The molecule has 0 radical (unpaired) electrons. The van der Waals surface area contributed by atoms with Gasteiger partial charge in [-0.25, -0.2) is 4.68 Å². The highest BCUT2D eigenvalue weighted by Crippen LogP contribution is 2.33. The van der Waals surface area contributed by atoms with Gasteiger partial charge in [-0.05, 0) is 24.4 Å². The lowest BCUT2D eigenvalue weighted by Crippen LogP contribution is -2.37. The molecule has 0 saturated carbocycles. The molecule has 0 amide bonds. The van der Waals surface area contributed by atoms with Gasteiger partial charge in [-0.1, -0.05) is 6.08 Å². The first-order valence-corrected chi connectivity index (χ1v) is 7.73. The van der Waals surface area contributed by atoms with Crippen LogP contribution >= 0.6 is 12.2 Å². The maximum atomic E-state index is 12.0. The molecule has 2 aliphatic rings. The molecule has 8 heteroatoms. The van der Waals surface area contributed by atoms with Gasteiger partial charge in [0.15, 0.2) is 22.1 Å². The number of hydrogen-bond acceptors (Lipinski definition) is 6. The number of ketones is 1. The molecule has 4 heterocycles. The van der Waals surface area contributed by atoms with Crippen LogP contribution in [0.4, 0.5) is 0 Å². The van der Waals surface area contributed by atoms with E-state index in [0.717, 1.165) is 0 Å². The monoisotopic (exact) mass is 333 g/mol. The summed E-state index contributed by atoms with van der Waals surface area (Å²) >= 11 is 5.55. The number of Topliss-reactive ketones (excluding diaryl/α,β-unsaturated/α-hetero) is 1. The minimum Gasteiger partial charge on any atom is -0.461 e. The zero-order valence-corrected chi connectivity index (χ0v) is 13.1. The molecule has 0 aromatic carbocycles. The number of hydrogen-bond donors (Lipinski definition) is 0. The number of carbonyl (C=O) groups is 1. The normalized spacial score (nSPS) is 26.6. The Labute approximate surface area is 137 Å². The van der Waals surface area contributed by atoms with Crippen LogP contribution in [-0.2, 0) is 20.8 Å². The zero-order valence-electron chi connectivity index (χ0n) is 12.3. The Hall–Kier alpha value is -2.03. The first kappa shape index (κ1) is 14.6. The van der Waals surface area contributed by atoms with E-state index < -0.39 is 6.29 Å². The Kier molecular flexibility index (Phi) is 3.51. The summed E-state index contributed by atoms with van der Waals surface area (Å²) in [5.41, 5.74) is 0. The molecule has 3 atom stereocenters. The van der Waals surface area contributed by atoms with Crippen molar-refractivity contribution in [1.29, 1.82) is 0 Å². The molecule has 2 bridgehead atoms. The summed E-state index contributed by atoms with van der Waals surface area (Å²) in [6.45, 7) is 4.63. The van der Waals surface area contributed by atoms with E-state index in [1.165, 1.54) is 0 Å². The molecule has 2 saturated heterocycles. The fraction of sp³-hybridized carbons (Fsp3) is 0.400. The molecule has 0 N–H and O–H groups in total. The average molecular weight is 333 g/mol. The molecule has 2 aromatic rings. The SMILES string of the molecule is C=CCn1c(-c2ccco2)nn([C@H]2CC(=O)[C@H]3OC[C@H]2O3)c1=S. The molecule has 2 aromatic heterocycles. The van der Waals surface area contributed by atoms with E-state index in [2.05, 4.69) is 11.7 Å². The third-order valence-electron chi connectivity index (χ3n) is 4.07. The predicted octanol–water partition coefficient (Wildman–Crippen LogP) is 2.12. The minimum atomic E-state index is -0.731. The minimum absolute atomic E-state index is 0.0801. The van der Waals surface area contributed by atoms with Gasteiger partial charge < -0.3 is 13.9 Å². The molecule has 0 aliphatic carbocycles. The van der Waals surface area contributed by atoms with E-state index in [0.29, 0.717) is 35.9 Å². The van der Waals surface area contributed by atoms with Crippen molar-refractivity contribution in [2.75, 3.05) is 6.61 Å². The highest BCUT2D eigenvalue weighted by atomic mass is 32.1. The fourth-order valence-corrected chi connectivity index (χ4v) is 3.32. The van der Waals surface area contributed by atoms with Crippen molar-refractivity contribution in [3.63, 3.8) is 0 Å². The molecular weight excluding hydrogens is 318 g/mol. The predicted molar refractivity (Wildman–Crippen MR) is 82.2 cm³/mol. The number of nitrogens with zero attached hydrogens (tertiary/aromatic N) is 3. The summed E-state index contributed by atoms with van der Waals surface area (Å²) < 4.78 is 20.4. The molecule has 2 fully saturated rings. The number of aromatic nitrogens is 3. The first-order chi connectivity index (χ1) is 11.2. The van der Waals surface area contributed by atoms with Crippen LogP contribution < -0.4 is 0 Å². The van der Waals surface area contributed by atoms with Gasteiger partial charge in [-0.3, -0.25) is 9.36 Å². The lowest BCUT2D eigenvalue weighted by Gasteiger charge is -2.26. The maximum absolute atomic E-state index is 12.0. The summed E-state index contributed by atoms with van der Waals surface area (Å²) in [7, 11) is 0. The highest BCUT2D eigenvalue weighted by Gasteiger charge is 2.45. The van der Waals surface area contributed by atoms with Gasteiger partial charge >= 0.3 is 0 Å². The Balaban J connectivity index is 1.80. The van der Waals surface area contributed by atoms with Crippen molar-refractivity contribution in [1.82, 2.24) is 14.3 Å². The summed E-state index contributed by atoms with van der Waals surface area (Å²) in [5, 5.41) is 4.59. The van der Waals surface area contributed by atoms with Crippen LogP contribution in [-0.4, -0.2) is 39.1 Å². The maximum Gasteiger partial charge on any atom is 0.218 e. The third-order valence-corrected chi connectivity index (χ3v) is 4.47. The smallest absolute Gasteiger partial charge is 0.218 e. The second-order valence-corrected chi connectivity index (χ2v) is 5.87. The van der Waals surface area contributed by atoms with Crippen LogP contribution in [0.1, 0.15) is 12.5 Å². The number of rotatable bonds is 4. The van der Waals surface area contributed by atoms with Gasteiger partial charge in [0, 0.05) is 13.0 Å². The van der Waals surface area contributed by atoms with Gasteiger partial charge in [0.05, 0.1) is 18.9 Å². The lowest BCUT2D eigenvalue weighted by molar-refractivity contribution is -0.156. The van der Waals surface area contributed by atoms with Crippen LogP contribution in [0.5, 0.6) is 0 Å². The number of furan rings is 1. The number of allylic oxidation sites excluding steroid dienone is 1. The summed E-state index contributed by atoms with van der Waals surface area (Å²) in [6, 6.07) is 3.34. The van der Waals surface area contributed by atoms with Gasteiger partial charge in [-0.15, -0.1) is 11.7 Å². The van der Waals surface area contributed by atoms with Crippen LogP contribution in [0.25, 0.3) is 11.6 Å². The van der Waals surface area contributed by atoms with Gasteiger partial charge in [0.1, 0.15) is 6.10 Å². The van der Waals surface area contributed by atoms with Gasteiger partial charge in [-0.2, -0.15) is 0 Å². The van der Waals surface area contributed by atoms with Gasteiger partial charge in [0.25, 0.3) is 0 Å². The number of ether oxygens (including phenoxy) is 2. The Bertz CT molecular complexity index is 807. The largest absolute Gasteiger partial charge is 0.461 e. The van der Waals surface area contributed by atoms with Crippen LogP contribution in [0.15, 0.2) is 35.5 Å². The van der Waals surface area contributed by atoms with E-state index in [1.54, 1.807) is 23.1 Å². The van der Waals surface area contributed by atoms with Crippen molar-refractivity contribution in [2.24, 2.45) is 0 Å². The van der Waals surface area contributed by atoms with E-state index in [9.17, 15) is 4.79 Å². The molecule has 2 aliphatic heterocycles. The topological polar surface area (TPSA) is 71.4 Å². The molecule has 23 heavy (non-hydrogen) atoms. The van der Waals surface area contributed by atoms with E-state index in [-0.39, 0.29) is 17.9 Å². The summed E-state index contributed by atoms with van der Waals surface area (Å²) in [4.78, 5) is 12.0. The van der Waals surface area contributed by atoms with E-state index in [1.807, 2.05) is 10.6 Å². The van der Waals surface area contributed by atoms with Crippen molar-refractivity contribution < 1.29 is 18.7 Å². The van der Waals surface area contributed by atoms with Crippen LogP contribution in [0.2, 0.25) is 0 Å². The molecule has 4 rings (SSSR count). The Morgan fingerprint density at radius 1 is 1.52 bits per heavy atom. The third kappa shape index (κ3) is 2.30. The van der Waals surface area contributed by atoms with Crippen molar-refractivity contribution in [3.05, 3.63) is 35.8 Å². The standard InChI is InChI=1S/C15H15N3O4S/c1-2-5-17-13(11-4-3-6-20-11)16-18(15(17)23)9-7-10(19)14-21-8-12(9)22-14/h2-4,6,9,12,14H,1,5,7-8H2/t9-,12+,14-/m0/s1. The van der Waals surface area contributed by atoms with E-state index >= 15 is 0 Å². The molecule has 120 valence electrons. The lowest BCUT2D eigenvalue weighted by atomic mass is 10.0. The van der Waals surface area contributed by atoms with E-state index in [4.69, 9.17) is 26.1 Å². The van der Waals surface area contributed by atoms with Gasteiger partial charge in [0.2, 0.25) is 6.29 Å². The second-order valence-electron chi connectivity index (χ2n) is 5.50. The van der Waals surface area contributed by atoms with Crippen LogP contribution in [0, 0.1) is 4.77 Å². The molecule has 0 unspecified atom stereocenters.